The number of piperazine rings is 1. The summed E-state index contributed by atoms with van der Waals surface area (Å²) >= 11 is 0. The van der Waals surface area contributed by atoms with E-state index in [9.17, 15) is 9.59 Å². The summed E-state index contributed by atoms with van der Waals surface area (Å²) in [4.78, 5) is 26.5. The minimum Gasteiger partial charge on any atom is -0.360 e. The first-order chi connectivity index (χ1) is 9.41. The molecule has 1 aliphatic heterocycles. The molecular formula is C14H21N3O3. The van der Waals surface area contributed by atoms with E-state index in [1.807, 2.05) is 27.7 Å². The molecule has 0 aliphatic carbocycles. The lowest BCUT2D eigenvalue weighted by atomic mass is 9.93. The normalized spacial score (nSPS) is 23.6. The van der Waals surface area contributed by atoms with E-state index in [0.717, 1.165) is 0 Å². The molecule has 1 aromatic heterocycles. The van der Waals surface area contributed by atoms with E-state index in [-0.39, 0.29) is 30.2 Å². The molecule has 0 spiro atoms. The van der Waals surface area contributed by atoms with Gasteiger partial charge in [0.25, 0.3) is 0 Å². The Bertz CT molecular complexity index is 482. The van der Waals surface area contributed by atoms with E-state index in [1.54, 1.807) is 11.0 Å². The predicted octanol–water partition coefficient (Wildman–Crippen LogP) is 1.18. The summed E-state index contributed by atoms with van der Waals surface area (Å²) < 4.78 is 5.07. The van der Waals surface area contributed by atoms with Crippen molar-refractivity contribution in [2.24, 2.45) is 11.8 Å². The van der Waals surface area contributed by atoms with Crippen molar-refractivity contribution in [3.8, 4) is 0 Å². The first-order valence-electron chi connectivity index (χ1n) is 6.92. The van der Waals surface area contributed by atoms with Gasteiger partial charge >= 0.3 is 0 Å². The number of aromatic nitrogens is 1. The second-order valence-corrected chi connectivity index (χ2v) is 5.86. The molecule has 1 fully saturated rings. The highest BCUT2D eigenvalue weighted by Crippen LogP contribution is 2.22. The SMILES string of the molecule is CC(C)C1NC(=O)C(C(C)C)N(Cc2ccno2)C1=O. The first kappa shape index (κ1) is 14.6. The van der Waals surface area contributed by atoms with Crippen LogP contribution in [-0.4, -0.2) is 34.0 Å². The van der Waals surface area contributed by atoms with Gasteiger partial charge in [-0.25, -0.2) is 0 Å². The van der Waals surface area contributed by atoms with E-state index in [1.165, 1.54) is 6.20 Å². The highest BCUT2D eigenvalue weighted by molar-refractivity contribution is 5.97. The molecule has 0 bridgehead atoms. The number of rotatable bonds is 4. The van der Waals surface area contributed by atoms with E-state index in [2.05, 4.69) is 10.5 Å². The van der Waals surface area contributed by atoms with Crippen LogP contribution in [0, 0.1) is 11.8 Å². The molecule has 0 aromatic carbocycles. The fourth-order valence-electron chi connectivity index (χ4n) is 2.54. The number of hydrogen-bond acceptors (Lipinski definition) is 4. The molecule has 0 radical (unpaired) electrons. The van der Waals surface area contributed by atoms with Gasteiger partial charge in [-0.2, -0.15) is 0 Å². The number of carbonyl (C=O) groups excluding carboxylic acids is 2. The molecule has 2 amide bonds. The third kappa shape index (κ3) is 2.69. The molecular weight excluding hydrogens is 258 g/mol. The molecule has 2 unspecified atom stereocenters. The summed E-state index contributed by atoms with van der Waals surface area (Å²) in [7, 11) is 0. The summed E-state index contributed by atoms with van der Waals surface area (Å²) in [5, 5.41) is 6.47. The minimum absolute atomic E-state index is 0.0370. The molecule has 1 saturated heterocycles. The van der Waals surface area contributed by atoms with Gasteiger partial charge in [-0.3, -0.25) is 9.59 Å². The Balaban J connectivity index is 2.28. The molecule has 2 heterocycles. The largest absolute Gasteiger partial charge is 0.360 e. The zero-order chi connectivity index (χ0) is 14.9. The molecule has 1 aromatic rings. The van der Waals surface area contributed by atoms with E-state index >= 15 is 0 Å². The Morgan fingerprint density at radius 2 is 2.00 bits per heavy atom. The Morgan fingerprint density at radius 3 is 2.50 bits per heavy atom. The molecule has 6 nitrogen and oxygen atoms in total. The van der Waals surface area contributed by atoms with Crippen LogP contribution < -0.4 is 5.32 Å². The van der Waals surface area contributed by atoms with E-state index in [4.69, 9.17) is 4.52 Å². The number of amides is 2. The highest BCUT2D eigenvalue weighted by atomic mass is 16.5. The van der Waals surface area contributed by atoms with Crippen molar-refractivity contribution in [3.63, 3.8) is 0 Å². The van der Waals surface area contributed by atoms with Gasteiger partial charge in [-0.15, -0.1) is 0 Å². The maximum absolute atomic E-state index is 12.6. The maximum atomic E-state index is 12.6. The van der Waals surface area contributed by atoms with Gasteiger partial charge in [0.1, 0.15) is 12.1 Å². The van der Waals surface area contributed by atoms with Crippen molar-refractivity contribution < 1.29 is 14.1 Å². The maximum Gasteiger partial charge on any atom is 0.246 e. The van der Waals surface area contributed by atoms with Crippen LogP contribution in [0.4, 0.5) is 0 Å². The second-order valence-electron chi connectivity index (χ2n) is 5.86. The van der Waals surface area contributed by atoms with Gasteiger partial charge in [-0.05, 0) is 11.8 Å². The van der Waals surface area contributed by atoms with Crippen LogP contribution in [0.5, 0.6) is 0 Å². The smallest absolute Gasteiger partial charge is 0.246 e. The van der Waals surface area contributed by atoms with Gasteiger partial charge in [0.05, 0.1) is 12.7 Å². The quantitative estimate of drug-likeness (QED) is 0.898. The highest BCUT2D eigenvalue weighted by Gasteiger charge is 2.43. The number of nitrogens with one attached hydrogen (secondary N) is 1. The van der Waals surface area contributed by atoms with Crippen molar-refractivity contribution in [3.05, 3.63) is 18.0 Å². The topological polar surface area (TPSA) is 75.4 Å². The molecule has 2 atom stereocenters. The lowest BCUT2D eigenvalue weighted by molar-refractivity contribution is -0.153. The summed E-state index contributed by atoms with van der Waals surface area (Å²) in [5.74, 6) is 0.514. The zero-order valence-electron chi connectivity index (χ0n) is 12.3. The zero-order valence-corrected chi connectivity index (χ0v) is 12.3. The monoisotopic (exact) mass is 279 g/mol. The summed E-state index contributed by atoms with van der Waals surface area (Å²) in [6.07, 6.45) is 1.54. The van der Waals surface area contributed by atoms with Crippen molar-refractivity contribution in [1.29, 1.82) is 0 Å². The van der Waals surface area contributed by atoms with Crippen LogP contribution in [-0.2, 0) is 16.1 Å². The van der Waals surface area contributed by atoms with E-state index in [0.29, 0.717) is 5.76 Å². The van der Waals surface area contributed by atoms with Gasteiger partial charge in [0.2, 0.25) is 11.8 Å². The lowest BCUT2D eigenvalue weighted by Crippen LogP contribution is -2.65. The number of carbonyl (C=O) groups is 2. The fourth-order valence-corrected chi connectivity index (χ4v) is 2.54. The first-order valence-corrected chi connectivity index (χ1v) is 6.92. The Morgan fingerprint density at radius 1 is 1.30 bits per heavy atom. The standard InChI is InChI=1S/C14H21N3O3/c1-8(2)11-14(19)17(7-10-5-6-15-20-10)12(9(3)4)13(18)16-11/h5-6,8-9,11-12H,7H2,1-4H3,(H,16,18). The van der Waals surface area contributed by atoms with Crippen molar-refractivity contribution in [1.82, 2.24) is 15.4 Å². The van der Waals surface area contributed by atoms with Gasteiger partial charge in [-0.1, -0.05) is 32.9 Å². The molecule has 20 heavy (non-hydrogen) atoms. The Hall–Kier alpha value is -1.85. The lowest BCUT2D eigenvalue weighted by Gasteiger charge is -2.41. The Labute approximate surface area is 118 Å². The molecule has 0 saturated carbocycles. The summed E-state index contributed by atoms with van der Waals surface area (Å²) in [5.41, 5.74) is 0. The molecule has 6 heteroatoms. The van der Waals surface area contributed by atoms with Crippen LogP contribution in [0.3, 0.4) is 0 Å². The average molecular weight is 279 g/mol. The second kappa shape index (κ2) is 5.64. The number of hydrogen-bond donors (Lipinski definition) is 1. The molecule has 1 N–H and O–H groups in total. The Kier molecular flexibility index (Phi) is 4.11. The molecule has 2 rings (SSSR count). The van der Waals surface area contributed by atoms with Crippen LogP contribution in [0.2, 0.25) is 0 Å². The van der Waals surface area contributed by atoms with Gasteiger partial charge in [0, 0.05) is 6.07 Å². The van der Waals surface area contributed by atoms with Crippen molar-refractivity contribution in [2.75, 3.05) is 0 Å². The van der Waals surface area contributed by atoms with Crippen LogP contribution in [0.25, 0.3) is 0 Å². The third-order valence-electron chi connectivity index (χ3n) is 3.57. The minimum atomic E-state index is -0.472. The van der Waals surface area contributed by atoms with Crippen LogP contribution in [0.15, 0.2) is 16.8 Å². The number of nitrogens with zero attached hydrogens (tertiary/aromatic N) is 2. The summed E-state index contributed by atoms with van der Waals surface area (Å²) in [6, 6.07) is 0.768. The third-order valence-corrected chi connectivity index (χ3v) is 3.57. The predicted molar refractivity (Wildman–Crippen MR) is 72.4 cm³/mol. The van der Waals surface area contributed by atoms with Gasteiger partial charge < -0.3 is 14.7 Å². The van der Waals surface area contributed by atoms with E-state index < -0.39 is 12.1 Å². The van der Waals surface area contributed by atoms with Crippen LogP contribution >= 0.6 is 0 Å². The fraction of sp³-hybridized carbons (Fsp3) is 0.643. The summed E-state index contributed by atoms with van der Waals surface area (Å²) in [6.45, 7) is 7.98. The van der Waals surface area contributed by atoms with Crippen molar-refractivity contribution in [2.45, 2.75) is 46.3 Å². The average Bonchev–Trinajstić information content (AvgIpc) is 2.85. The molecule has 110 valence electrons. The molecule has 1 aliphatic rings. The van der Waals surface area contributed by atoms with Crippen molar-refractivity contribution >= 4 is 11.8 Å². The van der Waals surface area contributed by atoms with Gasteiger partial charge in [0.15, 0.2) is 5.76 Å². The van der Waals surface area contributed by atoms with Crippen LogP contribution in [0.1, 0.15) is 33.5 Å².